The van der Waals surface area contributed by atoms with Crippen LogP contribution < -0.4 is 26.6 Å². The first-order valence-electron chi connectivity index (χ1n) is 27.3. The maximum absolute atomic E-state index is 13.1. The third-order valence-corrected chi connectivity index (χ3v) is 22.2. The minimum Gasteiger partial charge on any atom is -0.351 e. The molecular weight excluding hydrogens is 1090 g/mol. The van der Waals surface area contributed by atoms with E-state index < -0.39 is 37.2 Å². The quantitative estimate of drug-likeness (QED) is 0.176. The molecule has 2 aromatic rings. The van der Waals surface area contributed by atoms with Gasteiger partial charge < -0.3 is 21.7 Å². The van der Waals surface area contributed by atoms with Crippen molar-refractivity contribution in [2.75, 3.05) is 74.3 Å². The minimum absolute atomic E-state index is 0.0578. The highest BCUT2D eigenvalue weighted by molar-refractivity contribution is 8.38. The maximum Gasteiger partial charge on any atom is 0.318 e. The number of hydrogen-bond donors (Lipinski definition) is 4. The van der Waals surface area contributed by atoms with Crippen LogP contribution in [0.2, 0.25) is 0 Å². The highest BCUT2D eigenvalue weighted by atomic mass is 32.2. The van der Waals surface area contributed by atoms with Gasteiger partial charge in [0.2, 0.25) is 20.0 Å². The van der Waals surface area contributed by atoms with E-state index in [9.17, 15) is 31.2 Å². The van der Waals surface area contributed by atoms with E-state index in [4.69, 9.17) is 15.7 Å². The van der Waals surface area contributed by atoms with Crippen LogP contribution in [0.15, 0.2) is 55.1 Å². The number of carbonyl (C=O) groups excluding carboxylic acids is 3. The summed E-state index contributed by atoms with van der Waals surface area (Å²) < 4.78 is 56.6. The van der Waals surface area contributed by atoms with Crippen LogP contribution in [0.3, 0.4) is 0 Å². The smallest absolute Gasteiger partial charge is 0.318 e. The summed E-state index contributed by atoms with van der Waals surface area (Å²) in [5.41, 5.74) is 10.7. The predicted molar refractivity (Wildman–Crippen MR) is 324 cm³/mol. The van der Waals surface area contributed by atoms with Gasteiger partial charge in [0.15, 0.2) is 5.17 Å². The van der Waals surface area contributed by atoms with Gasteiger partial charge in [-0.15, -0.1) is 11.8 Å². The Balaban J connectivity index is 0.000000183. The normalized spacial score (nSPS) is 22.1. The molecular formula is C55H77N11O7S5. The van der Waals surface area contributed by atoms with Crippen molar-refractivity contribution in [3.8, 4) is 0 Å². The molecule has 4 amide bonds. The van der Waals surface area contributed by atoms with E-state index in [2.05, 4.69) is 32.2 Å². The fourth-order valence-corrected chi connectivity index (χ4v) is 16.0. The van der Waals surface area contributed by atoms with Gasteiger partial charge in [-0.25, -0.2) is 21.6 Å². The summed E-state index contributed by atoms with van der Waals surface area (Å²) in [6.45, 7) is 10.7. The lowest BCUT2D eigenvalue weighted by atomic mass is 9.88. The van der Waals surface area contributed by atoms with Gasteiger partial charge in [-0.3, -0.25) is 34.5 Å². The van der Waals surface area contributed by atoms with Gasteiger partial charge in [0, 0.05) is 78.8 Å². The summed E-state index contributed by atoms with van der Waals surface area (Å²) >= 11 is 5.30. The number of benzene rings is 2. The minimum atomic E-state index is -3.66. The van der Waals surface area contributed by atoms with Gasteiger partial charge >= 0.3 is 6.03 Å². The Morgan fingerprint density at radius 1 is 0.692 bits per heavy atom. The number of sulfonamides is 2. The number of amidine groups is 3. The second-order valence-electron chi connectivity index (χ2n) is 21.4. The van der Waals surface area contributed by atoms with Crippen molar-refractivity contribution in [3.05, 3.63) is 68.5 Å². The van der Waals surface area contributed by atoms with E-state index in [1.165, 1.54) is 60.1 Å². The molecule has 0 radical (unpaired) electrons. The SMILES string of the molecule is CSC1=NCCS1.Cc1cc(N(C)C(N)=O)cc(C)c1/C=C/S(=O)(=O)N1CCC2(CC1)N=C(C1CCCCC1)NC2=O.Cc1cc(NC2=NCCS2)cc(C)c1/C=C/S(=O)(=O)N1CCC2(CC1)N=C(C1CCCCC1)NC2=O. The molecule has 23 heteroatoms. The first-order valence-corrected chi connectivity index (χ1v) is 33.5. The lowest BCUT2D eigenvalue weighted by molar-refractivity contribution is -0.125. The lowest BCUT2D eigenvalue weighted by Gasteiger charge is -2.34. The van der Waals surface area contributed by atoms with E-state index in [-0.39, 0.29) is 24.9 Å². The molecule has 8 aliphatic rings. The van der Waals surface area contributed by atoms with Crippen LogP contribution in [0, 0.1) is 39.5 Å². The van der Waals surface area contributed by atoms with Crippen molar-refractivity contribution in [1.29, 1.82) is 0 Å². The average molecular weight is 1160 g/mol. The van der Waals surface area contributed by atoms with Crippen molar-refractivity contribution in [1.82, 2.24) is 19.2 Å². The fraction of sp³-hybridized carbons (Fsp3) is 0.582. The van der Waals surface area contributed by atoms with Crippen LogP contribution in [0.25, 0.3) is 12.2 Å². The van der Waals surface area contributed by atoms with E-state index in [1.807, 2.05) is 51.6 Å². The molecule has 6 aliphatic heterocycles. The summed E-state index contributed by atoms with van der Waals surface area (Å²) in [7, 11) is -5.68. The number of aliphatic imine (C=N–C) groups is 4. The van der Waals surface area contributed by atoms with Crippen LogP contribution in [0.1, 0.15) is 123 Å². The number of amides is 4. The Morgan fingerprint density at radius 3 is 1.49 bits per heavy atom. The molecule has 6 heterocycles. The number of anilines is 2. The number of primary amides is 1. The number of thioether (sulfide) groups is 3. The van der Waals surface area contributed by atoms with Crippen LogP contribution in [-0.2, 0) is 29.6 Å². The molecule has 2 aliphatic carbocycles. The van der Waals surface area contributed by atoms with Crippen LogP contribution in [0.4, 0.5) is 16.2 Å². The Kier molecular flexibility index (Phi) is 19.8. The van der Waals surface area contributed by atoms with Gasteiger partial charge in [0.1, 0.15) is 27.1 Å². The molecule has 4 fully saturated rings. The van der Waals surface area contributed by atoms with Crippen LogP contribution in [0.5, 0.6) is 0 Å². The average Bonchev–Trinajstić information content (AvgIpc) is 4.28. The standard InChI is InChI=1S/C26H35N5O3S2.C25H35N5O4S.C4H7NS2/c1-18-16-21(28-25-27-11-14-35-25)17-19(2)22(18)8-15-36(33,34)31-12-9-26(10-13-31)24(32)29-23(30-26)20-6-4-3-5-7-20;1-17-15-20(29(3)24(26)32)16-18(2)21(17)9-14-35(33,34)30-12-10-25(11-13-30)23(31)27-22(28-25)19-7-5-4-6-8-19;1-6-4-5-2-3-7-4/h8,15-17,20H,3-7,9-14H2,1-2H3,(H,27,28)(H,29,30,32);9,14-16,19H,4-8,10-13H2,1-3H3,(H2,26,32)(H,27,28,31);2-3H2,1H3/b15-8+;14-9+;. The van der Waals surface area contributed by atoms with Gasteiger partial charge in [-0.1, -0.05) is 62.0 Å². The summed E-state index contributed by atoms with van der Waals surface area (Å²) in [5, 5.41) is 12.8. The van der Waals surface area contributed by atoms with Gasteiger partial charge in [-0.2, -0.15) is 8.61 Å². The van der Waals surface area contributed by atoms with Gasteiger partial charge in [-0.05, 0) is 155 Å². The molecule has 0 bridgehead atoms. The maximum atomic E-state index is 13.1. The molecule has 18 nitrogen and oxygen atoms in total. The van der Waals surface area contributed by atoms with E-state index in [0.717, 1.165) is 113 Å². The molecule has 2 saturated carbocycles. The van der Waals surface area contributed by atoms with E-state index >= 15 is 0 Å². The van der Waals surface area contributed by atoms with Crippen molar-refractivity contribution in [2.24, 2.45) is 37.5 Å². The van der Waals surface area contributed by atoms with Crippen molar-refractivity contribution in [2.45, 2.75) is 129 Å². The van der Waals surface area contributed by atoms with E-state index in [0.29, 0.717) is 56.3 Å². The third-order valence-electron chi connectivity index (χ3n) is 16.1. The number of rotatable bonds is 10. The Hall–Kier alpha value is -4.52. The number of nitrogens with two attached hydrogens (primary N) is 1. The number of urea groups is 1. The number of nitrogens with one attached hydrogen (secondary N) is 3. The Bertz CT molecular complexity index is 2960. The number of hydrogen-bond acceptors (Lipinski definition) is 15. The molecule has 0 atom stereocenters. The highest BCUT2D eigenvalue weighted by Gasteiger charge is 2.49. The fourth-order valence-electron chi connectivity index (χ4n) is 11.4. The molecule has 0 unspecified atom stereocenters. The Labute approximate surface area is 474 Å². The predicted octanol–water partition coefficient (Wildman–Crippen LogP) is 8.58. The summed E-state index contributed by atoms with van der Waals surface area (Å²) in [6, 6.07) is 7.08. The first kappa shape index (κ1) is 59.6. The van der Waals surface area contributed by atoms with E-state index in [1.54, 1.807) is 54.9 Å². The monoisotopic (exact) mass is 1160 g/mol. The zero-order chi connectivity index (χ0) is 55.8. The largest absolute Gasteiger partial charge is 0.351 e. The first-order chi connectivity index (χ1) is 37.2. The Morgan fingerprint density at radius 2 is 1.12 bits per heavy atom. The van der Waals surface area contributed by atoms with Crippen LogP contribution in [-0.4, -0.2) is 140 Å². The van der Waals surface area contributed by atoms with Crippen molar-refractivity contribution in [3.63, 3.8) is 0 Å². The highest BCUT2D eigenvalue weighted by Crippen LogP contribution is 2.37. The molecule has 424 valence electrons. The molecule has 2 saturated heterocycles. The number of aryl methyl sites for hydroxylation is 4. The summed E-state index contributed by atoms with van der Waals surface area (Å²) in [6.07, 6.45) is 18.4. The van der Waals surface area contributed by atoms with Crippen LogP contribution >= 0.6 is 35.3 Å². The second-order valence-corrected chi connectivity index (χ2v) is 28.3. The third kappa shape index (κ3) is 14.3. The zero-order valence-corrected chi connectivity index (χ0v) is 50.0. The number of carbonyl (C=O) groups is 3. The molecule has 2 aromatic carbocycles. The zero-order valence-electron chi connectivity index (χ0n) is 45.9. The number of nitrogens with zero attached hydrogens (tertiary/aromatic N) is 7. The topological polar surface area (TPSA) is 241 Å². The molecule has 5 N–H and O–H groups in total. The molecule has 0 aromatic heterocycles. The summed E-state index contributed by atoms with van der Waals surface area (Å²) in [5.74, 6) is 4.34. The summed E-state index contributed by atoms with van der Waals surface area (Å²) in [4.78, 5) is 56.8. The second kappa shape index (κ2) is 25.9. The number of piperidine rings is 2. The van der Waals surface area contributed by atoms with Crippen molar-refractivity contribution < 1.29 is 31.2 Å². The lowest BCUT2D eigenvalue weighted by Crippen LogP contribution is -2.50. The van der Waals surface area contributed by atoms with Gasteiger partial charge in [0.05, 0.1) is 13.1 Å². The van der Waals surface area contributed by atoms with Crippen molar-refractivity contribution >= 4 is 118 Å². The molecule has 10 rings (SSSR count). The molecule has 78 heavy (non-hydrogen) atoms. The molecule has 2 spiro atoms. The van der Waals surface area contributed by atoms with Gasteiger partial charge in [0.25, 0.3) is 11.8 Å².